The Bertz CT molecular complexity index is 442. The van der Waals surface area contributed by atoms with Gasteiger partial charge in [0.25, 0.3) is 0 Å². The van der Waals surface area contributed by atoms with E-state index in [1.54, 1.807) is 31.3 Å². The Morgan fingerprint density at radius 2 is 2.44 bits per heavy atom. The van der Waals surface area contributed by atoms with Gasteiger partial charge in [0, 0.05) is 17.7 Å². The highest BCUT2D eigenvalue weighted by atomic mass is 16.1. The number of carbonyl (C=O) groups excluding carboxylic acids is 1. The first-order chi connectivity index (χ1) is 8.61. The molecule has 1 unspecified atom stereocenters. The molecule has 1 amide bonds. The lowest BCUT2D eigenvalue weighted by atomic mass is 9.96. The van der Waals surface area contributed by atoms with Crippen molar-refractivity contribution in [3.63, 3.8) is 0 Å². The molecule has 0 saturated heterocycles. The Labute approximate surface area is 105 Å². The Balaban J connectivity index is 2.70. The molecule has 3 N–H and O–H groups in total. The molecule has 0 aliphatic rings. The summed E-state index contributed by atoms with van der Waals surface area (Å²) in [5.41, 5.74) is 13.1. The molecule has 0 aromatic carbocycles. The molecule has 0 radical (unpaired) electrons. The van der Waals surface area contributed by atoms with Gasteiger partial charge in [0.1, 0.15) is 5.54 Å². The summed E-state index contributed by atoms with van der Waals surface area (Å²) in [5, 5.41) is 6.47. The summed E-state index contributed by atoms with van der Waals surface area (Å²) in [7, 11) is 0. The average molecular weight is 248 g/mol. The number of aromatic nitrogens is 1. The van der Waals surface area contributed by atoms with Gasteiger partial charge in [-0.05, 0) is 37.6 Å². The first-order valence-electron chi connectivity index (χ1n) is 5.58. The largest absolute Gasteiger partial charge is 0.368 e. The van der Waals surface area contributed by atoms with Gasteiger partial charge in [-0.3, -0.25) is 15.1 Å². The third kappa shape index (κ3) is 3.44. The van der Waals surface area contributed by atoms with Gasteiger partial charge in [0.2, 0.25) is 5.91 Å². The van der Waals surface area contributed by atoms with E-state index in [9.17, 15) is 4.79 Å². The molecular formula is C11H16N6O. The van der Waals surface area contributed by atoms with Crippen molar-refractivity contribution in [3.05, 3.63) is 40.5 Å². The molecule has 1 rings (SSSR count). The van der Waals surface area contributed by atoms with E-state index in [1.165, 1.54) is 0 Å². The van der Waals surface area contributed by atoms with E-state index in [0.717, 1.165) is 0 Å². The van der Waals surface area contributed by atoms with Crippen LogP contribution in [0.25, 0.3) is 10.4 Å². The summed E-state index contributed by atoms with van der Waals surface area (Å²) in [6.45, 7) is 2.57. The van der Waals surface area contributed by atoms with E-state index in [1.807, 2.05) is 0 Å². The zero-order chi connectivity index (χ0) is 13.4. The molecule has 0 saturated carbocycles. The van der Waals surface area contributed by atoms with Crippen LogP contribution in [0.1, 0.15) is 19.0 Å². The summed E-state index contributed by atoms with van der Waals surface area (Å²) < 4.78 is 0. The molecule has 18 heavy (non-hydrogen) atoms. The van der Waals surface area contributed by atoms with Crippen molar-refractivity contribution < 1.29 is 4.79 Å². The predicted octanol–water partition coefficient (Wildman–Crippen LogP) is 1.07. The second-order valence-electron chi connectivity index (χ2n) is 3.94. The van der Waals surface area contributed by atoms with Crippen LogP contribution >= 0.6 is 0 Å². The van der Waals surface area contributed by atoms with Crippen LogP contribution in [0.2, 0.25) is 0 Å². The van der Waals surface area contributed by atoms with Crippen LogP contribution in [-0.2, 0) is 10.3 Å². The lowest BCUT2D eigenvalue weighted by Crippen LogP contribution is -2.51. The number of pyridine rings is 1. The highest BCUT2D eigenvalue weighted by molar-refractivity contribution is 5.85. The minimum absolute atomic E-state index is 0.376. The maximum atomic E-state index is 11.6. The van der Waals surface area contributed by atoms with E-state index < -0.39 is 11.4 Å². The van der Waals surface area contributed by atoms with E-state index in [-0.39, 0.29) is 0 Å². The fourth-order valence-corrected chi connectivity index (χ4v) is 1.50. The van der Waals surface area contributed by atoms with Gasteiger partial charge in [-0.15, -0.1) is 0 Å². The molecule has 0 aliphatic heterocycles. The zero-order valence-electron chi connectivity index (χ0n) is 10.2. The van der Waals surface area contributed by atoms with Crippen LogP contribution in [0, 0.1) is 0 Å². The van der Waals surface area contributed by atoms with Crippen LogP contribution in [0.4, 0.5) is 0 Å². The highest BCUT2D eigenvalue weighted by Gasteiger charge is 2.33. The van der Waals surface area contributed by atoms with Gasteiger partial charge in [0.05, 0.1) is 5.69 Å². The molecule has 7 nitrogen and oxygen atoms in total. The average Bonchev–Trinajstić information content (AvgIpc) is 2.39. The number of primary amides is 1. The lowest BCUT2D eigenvalue weighted by Gasteiger charge is -2.26. The molecule has 1 aromatic heterocycles. The summed E-state index contributed by atoms with van der Waals surface area (Å²) in [4.78, 5) is 18.4. The van der Waals surface area contributed by atoms with Gasteiger partial charge in [-0.1, -0.05) is 11.2 Å². The van der Waals surface area contributed by atoms with E-state index in [2.05, 4.69) is 20.3 Å². The fraction of sp³-hybridized carbons (Fsp3) is 0.455. The van der Waals surface area contributed by atoms with Gasteiger partial charge in [-0.25, -0.2) is 0 Å². The number of nitrogens with zero attached hydrogens (tertiary/aromatic N) is 4. The number of nitrogens with one attached hydrogen (secondary N) is 1. The highest BCUT2D eigenvalue weighted by Crippen LogP contribution is 2.17. The number of carbonyl (C=O) groups is 1. The van der Waals surface area contributed by atoms with Crippen LogP contribution in [0.15, 0.2) is 29.5 Å². The number of rotatable bonds is 7. The van der Waals surface area contributed by atoms with Crippen molar-refractivity contribution in [2.45, 2.75) is 18.9 Å². The van der Waals surface area contributed by atoms with Gasteiger partial charge in [-0.2, -0.15) is 0 Å². The molecule has 96 valence electrons. The Morgan fingerprint density at radius 3 is 3.00 bits per heavy atom. The standard InChI is InChI=1S/C11H16N6O/c1-11(10(12)18,9-5-2-3-6-14-9)15-7-4-8-16-17-13/h2-3,5-6,15H,4,7-8H2,1H3,(H2,12,18). The Kier molecular flexibility index (Phi) is 5.10. The van der Waals surface area contributed by atoms with Gasteiger partial charge < -0.3 is 5.73 Å². The second kappa shape index (κ2) is 6.58. The van der Waals surface area contributed by atoms with Crippen molar-refractivity contribution in [1.29, 1.82) is 0 Å². The van der Waals surface area contributed by atoms with Crippen molar-refractivity contribution >= 4 is 5.91 Å². The van der Waals surface area contributed by atoms with Crippen molar-refractivity contribution in [2.24, 2.45) is 10.8 Å². The Morgan fingerprint density at radius 1 is 1.67 bits per heavy atom. The molecule has 0 aliphatic carbocycles. The molecule has 0 fully saturated rings. The zero-order valence-corrected chi connectivity index (χ0v) is 10.2. The van der Waals surface area contributed by atoms with E-state index in [0.29, 0.717) is 25.2 Å². The van der Waals surface area contributed by atoms with Crippen LogP contribution < -0.4 is 11.1 Å². The number of hydrogen-bond donors (Lipinski definition) is 2. The van der Waals surface area contributed by atoms with Crippen LogP contribution in [-0.4, -0.2) is 24.0 Å². The third-order valence-corrected chi connectivity index (χ3v) is 2.65. The van der Waals surface area contributed by atoms with Crippen molar-refractivity contribution in [2.75, 3.05) is 13.1 Å². The van der Waals surface area contributed by atoms with Gasteiger partial charge in [0.15, 0.2) is 0 Å². The summed E-state index contributed by atoms with van der Waals surface area (Å²) in [6, 6.07) is 5.31. The minimum atomic E-state index is -1.02. The van der Waals surface area contributed by atoms with E-state index >= 15 is 0 Å². The van der Waals surface area contributed by atoms with Gasteiger partial charge >= 0.3 is 0 Å². The normalized spacial score (nSPS) is 13.4. The summed E-state index contributed by atoms with van der Waals surface area (Å²) in [6.07, 6.45) is 2.23. The number of amides is 1. The molecule has 0 bridgehead atoms. The number of nitrogens with two attached hydrogens (primary N) is 1. The monoisotopic (exact) mass is 248 g/mol. The first-order valence-corrected chi connectivity index (χ1v) is 5.58. The van der Waals surface area contributed by atoms with Crippen molar-refractivity contribution in [3.8, 4) is 0 Å². The molecule has 1 atom stereocenters. The molecule has 0 spiro atoms. The van der Waals surface area contributed by atoms with Crippen LogP contribution in [0.5, 0.6) is 0 Å². The summed E-state index contributed by atoms with van der Waals surface area (Å²) >= 11 is 0. The minimum Gasteiger partial charge on any atom is -0.368 e. The topological polar surface area (TPSA) is 117 Å². The van der Waals surface area contributed by atoms with E-state index in [4.69, 9.17) is 11.3 Å². The second-order valence-corrected chi connectivity index (χ2v) is 3.94. The van der Waals surface area contributed by atoms with Crippen molar-refractivity contribution in [1.82, 2.24) is 10.3 Å². The number of hydrogen-bond acceptors (Lipinski definition) is 4. The summed E-state index contributed by atoms with van der Waals surface area (Å²) in [5.74, 6) is -0.495. The number of azide groups is 1. The maximum absolute atomic E-state index is 11.6. The molecular weight excluding hydrogens is 232 g/mol. The molecule has 7 heteroatoms. The molecule has 1 heterocycles. The maximum Gasteiger partial charge on any atom is 0.243 e. The lowest BCUT2D eigenvalue weighted by molar-refractivity contribution is -0.124. The quantitative estimate of drug-likeness (QED) is 0.325. The fourth-order valence-electron chi connectivity index (χ4n) is 1.50. The molecule has 1 aromatic rings. The third-order valence-electron chi connectivity index (χ3n) is 2.65. The Hall–Kier alpha value is -2.11. The SMILES string of the molecule is CC(NCCCN=[N+]=[N-])(C(N)=O)c1ccccn1. The van der Waals surface area contributed by atoms with Crippen LogP contribution in [0.3, 0.4) is 0 Å². The predicted molar refractivity (Wildman–Crippen MR) is 67.4 cm³/mol. The first kappa shape index (κ1) is 14.0. The smallest absolute Gasteiger partial charge is 0.243 e.